The van der Waals surface area contributed by atoms with E-state index in [1.54, 1.807) is 14.0 Å². The van der Waals surface area contributed by atoms with Crippen molar-refractivity contribution in [1.82, 2.24) is 0 Å². The Balaban J connectivity index is 1.41. The predicted molar refractivity (Wildman–Crippen MR) is 154 cm³/mol. The van der Waals surface area contributed by atoms with E-state index < -0.39 is 0 Å². The number of methoxy groups -OCH3 is 1. The van der Waals surface area contributed by atoms with Crippen LogP contribution in [0.15, 0.2) is 78.4 Å². The van der Waals surface area contributed by atoms with Crippen LogP contribution in [0.5, 0.6) is 11.5 Å². The van der Waals surface area contributed by atoms with Gasteiger partial charge in [-0.2, -0.15) is 0 Å². The number of para-hydroxylation sites is 1. The number of benzene rings is 3. The van der Waals surface area contributed by atoms with Crippen molar-refractivity contribution < 1.29 is 23.5 Å². The second kappa shape index (κ2) is 12.6. The fourth-order valence-corrected chi connectivity index (χ4v) is 6.21. The Kier molecular flexibility index (Phi) is 8.78. The first-order valence-corrected chi connectivity index (χ1v) is 14.3. The van der Waals surface area contributed by atoms with Gasteiger partial charge in [-0.05, 0) is 66.6 Å². The number of hydrogen-bond acceptors (Lipinski definition) is 4. The van der Waals surface area contributed by atoms with Crippen molar-refractivity contribution in [1.29, 1.82) is 0 Å². The van der Waals surface area contributed by atoms with Crippen molar-refractivity contribution >= 4 is 11.6 Å². The molecule has 1 saturated carbocycles. The first kappa shape index (κ1) is 27.8. The maximum absolute atomic E-state index is 13.9. The Morgan fingerprint density at radius 2 is 1.60 bits per heavy atom. The molecule has 0 aromatic heterocycles. The minimum atomic E-state index is -0.263. The molecule has 208 valence electrons. The lowest BCUT2D eigenvalue weighted by molar-refractivity contribution is -0.120. The van der Waals surface area contributed by atoms with E-state index >= 15 is 0 Å². The van der Waals surface area contributed by atoms with E-state index in [9.17, 15) is 14.0 Å². The molecule has 2 unspecified atom stereocenters. The lowest BCUT2D eigenvalue weighted by Crippen LogP contribution is -2.21. The SMILES string of the molecule is COc1c(OCc2ccc(CC(C)=O)cc2)cccc1C1CC(c2ccc(F)cc2)C=C1C(=O)C1CCCCC1. The maximum atomic E-state index is 13.9. The quantitative estimate of drug-likeness (QED) is 0.262. The molecule has 4 nitrogen and oxygen atoms in total. The van der Waals surface area contributed by atoms with Gasteiger partial charge in [0.25, 0.3) is 0 Å². The van der Waals surface area contributed by atoms with Gasteiger partial charge in [-0.15, -0.1) is 0 Å². The van der Waals surface area contributed by atoms with Gasteiger partial charge in [-0.3, -0.25) is 9.59 Å². The predicted octanol–water partition coefficient (Wildman–Crippen LogP) is 7.89. The van der Waals surface area contributed by atoms with Crippen molar-refractivity contribution in [2.24, 2.45) is 5.92 Å². The van der Waals surface area contributed by atoms with Gasteiger partial charge in [0.05, 0.1) is 7.11 Å². The van der Waals surface area contributed by atoms with E-state index in [2.05, 4.69) is 6.08 Å². The van der Waals surface area contributed by atoms with Gasteiger partial charge in [0, 0.05) is 29.7 Å². The normalized spacial score (nSPS) is 19.2. The molecule has 2 aliphatic carbocycles. The summed E-state index contributed by atoms with van der Waals surface area (Å²) >= 11 is 0. The zero-order chi connectivity index (χ0) is 28.1. The van der Waals surface area contributed by atoms with Crippen molar-refractivity contribution in [3.8, 4) is 11.5 Å². The zero-order valence-electron chi connectivity index (χ0n) is 23.3. The van der Waals surface area contributed by atoms with Crippen LogP contribution in [-0.4, -0.2) is 18.7 Å². The molecule has 2 aliphatic rings. The average molecular weight is 541 g/mol. The summed E-state index contributed by atoms with van der Waals surface area (Å²) in [4.78, 5) is 25.3. The highest BCUT2D eigenvalue weighted by molar-refractivity contribution is 5.99. The van der Waals surface area contributed by atoms with E-state index in [0.29, 0.717) is 24.5 Å². The molecule has 0 amide bonds. The number of Topliss-reactive ketones (excluding diaryl/α,β-unsaturated/α-hetero) is 2. The van der Waals surface area contributed by atoms with Crippen LogP contribution in [0.25, 0.3) is 0 Å². The Bertz CT molecular complexity index is 1370. The summed E-state index contributed by atoms with van der Waals surface area (Å²) in [5, 5.41) is 0. The van der Waals surface area contributed by atoms with Crippen LogP contribution >= 0.6 is 0 Å². The van der Waals surface area contributed by atoms with Crippen LogP contribution in [0, 0.1) is 11.7 Å². The topological polar surface area (TPSA) is 52.6 Å². The molecule has 0 heterocycles. The molecule has 2 atom stereocenters. The number of halogens is 1. The van der Waals surface area contributed by atoms with Gasteiger partial charge in [0.1, 0.15) is 18.2 Å². The molecule has 0 aliphatic heterocycles. The van der Waals surface area contributed by atoms with Gasteiger partial charge in [0.2, 0.25) is 0 Å². The van der Waals surface area contributed by atoms with Crippen LogP contribution in [0.1, 0.15) is 79.5 Å². The van der Waals surface area contributed by atoms with Crippen molar-refractivity contribution in [2.45, 2.75) is 70.3 Å². The molecule has 5 heteroatoms. The molecule has 3 aromatic carbocycles. The highest BCUT2D eigenvalue weighted by Crippen LogP contribution is 2.49. The summed E-state index contributed by atoms with van der Waals surface area (Å²) in [5.41, 5.74) is 4.77. The molecule has 0 spiro atoms. The van der Waals surface area contributed by atoms with Crippen molar-refractivity contribution in [3.05, 3.63) is 106 Å². The molecule has 5 rings (SSSR count). The second-order valence-corrected chi connectivity index (χ2v) is 11.1. The molecule has 0 bridgehead atoms. The summed E-state index contributed by atoms with van der Waals surface area (Å²) in [7, 11) is 1.64. The summed E-state index contributed by atoms with van der Waals surface area (Å²) in [6, 6.07) is 20.3. The minimum Gasteiger partial charge on any atom is -0.493 e. The molecule has 0 saturated heterocycles. The number of carbonyl (C=O) groups excluding carboxylic acids is 2. The Hall–Kier alpha value is -3.73. The molecule has 0 radical (unpaired) electrons. The molecule has 40 heavy (non-hydrogen) atoms. The summed E-state index contributed by atoms with van der Waals surface area (Å²) in [6.07, 6.45) is 8.52. The number of carbonyl (C=O) groups is 2. The third-order valence-electron chi connectivity index (χ3n) is 8.26. The Morgan fingerprint density at radius 3 is 2.27 bits per heavy atom. The first-order valence-electron chi connectivity index (χ1n) is 14.3. The van der Waals surface area contributed by atoms with Gasteiger partial charge < -0.3 is 9.47 Å². The Labute approximate surface area is 236 Å². The summed E-state index contributed by atoms with van der Waals surface area (Å²) in [6.45, 7) is 1.94. The van der Waals surface area contributed by atoms with Crippen LogP contribution in [0.3, 0.4) is 0 Å². The van der Waals surface area contributed by atoms with Crippen LogP contribution in [0.4, 0.5) is 4.39 Å². The number of ketones is 2. The van der Waals surface area contributed by atoms with Gasteiger partial charge >= 0.3 is 0 Å². The fourth-order valence-electron chi connectivity index (χ4n) is 6.21. The standard InChI is InChI=1S/C35H37FO4/c1-23(37)19-24-11-13-25(14-12-24)22-40-33-10-6-9-30(35(33)39-2)31-20-28(26-15-17-29(36)18-16-26)21-32(31)34(38)27-7-4-3-5-8-27/h6,9-18,21,27-28,31H,3-5,7-8,19-20,22H2,1-2H3. The van der Waals surface area contributed by atoms with E-state index in [4.69, 9.17) is 9.47 Å². The molecular formula is C35H37FO4. The average Bonchev–Trinajstić information content (AvgIpc) is 3.42. The lowest BCUT2D eigenvalue weighted by atomic mass is 9.79. The van der Waals surface area contributed by atoms with Crippen molar-refractivity contribution in [3.63, 3.8) is 0 Å². The van der Waals surface area contributed by atoms with E-state index in [1.165, 1.54) is 18.6 Å². The number of rotatable bonds is 10. The number of allylic oxidation sites excluding steroid dienone is 2. The molecule has 1 fully saturated rings. The van der Waals surface area contributed by atoms with Crippen LogP contribution < -0.4 is 9.47 Å². The Morgan fingerprint density at radius 1 is 0.900 bits per heavy atom. The van der Waals surface area contributed by atoms with E-state index in [0.717, 1.165) is 59.9 Å². The molecule has 0 N–H and O–H groups in total. The zero-order valence-corrected chi connectivity index (χ0v) is 23.3. The van der Waals surface area contributed by atoms with E-state index in [1.807, 2.05) is 54.6 Å². The highest BCUT2D eigenvalue weighted by Gasteiger charge is 2.37. The third kappa shape index (κ3) is 6.35. The minimum absolute atomic E-state index is 0.0240. The van der Waals surface area contributed by atoms with Gasteiger partial charge in [0.15, 0.2) is 17.3 Å². The first-order chi connectivity index (χ1) is 19.4. The molecule has 3 aromatic rings. The third-order valence-corrected chi connectivity index (χ3v) is 8.26. The lowest BCUT2D eigenvalue weighted by Gasteiger charge is -2.25. The van der Waals surface area contributed by atoms with Crippen molar-refractivity contribution in [2.75, 3.05) is 7.11 Å². The molecular weight excluding hydrogens is 503 g/mol. The van der Waals surface area contributed by atoms with E-state index in [-0.39, 0.29) is 35.1 Å². The fraction of sp³-hybridized carbons (Fsp3) is 0.371. The maximum Gasteiger partial charge on any atom is 0.164 e. The summed E-state index contributed by atoms with van der Waals surface area (Å²) in [5.74, 6) is 1.34. The van der Waals surface area contributed by atoms with Gasteiger partial charge in [-0.1, -0.05) is 73.9 Å². The van der Waals surface area contributed by atoms with Crippen LogP contribution in [0.2, 0.25) is 0 Å². The summed E-state index contributed by atoms with van der Waals surface area (Å²) < 4.78 is 25.8. The van der Waals surface area contributed by atoms with Crippen LogP contribution in [-0.2, 0) is 22.6 Å². The second-order valence-electron chi connectivity index (χ2n) is 11.1. The monoisotopic (exact) mass is 540 g/mol. The number of hydrogen-bond donors (Lipinski definition) is 0. The number of ether oxygens (including phenoxy) is 2. The largest absolute Gasteiger partial charge is 0.493 e. The smallest absolute Gasteiger partial charge is 0.164 e. The highest BCUT2D eigenvalue weighted by atomic mass is 19.1. The van der Waals surface area contributed by atoms with Gasteiger partial charge in [-0.25, -0.2) is 4.39 Å².